The minimum atomic E-state index is -0.907. The van der Waals surface area contributed by atoms with Gasteiger partial charge in [-0.3, -0.25) is 4.79 Å². The van der Waals surface area contributed by atoms with Gasteiger partial charge in [-0.15, -0.1) is 11.3 Å². The van der Waals surface area contributed by atoms with Gasteiger partial charge in [0.1, 0.15) is 4.88 Å². The molecule has 0 aliphatic carbocycles. The molecule has 1 aromatic heterocycles. The minimum absolute atomic E-state index is 0.141. The lowest BCUT2D eigenvalue weighted by atomic mass is 10.0. The van der Waals surface area contributed by atoms with Crippen LogP contribution in [0.4, 0.5) is 0 Å². The van der Waals surface area contributed by atoms with Crippen molar-refractivity contribution in [3.8, 4) is 0 Å². The highest BCUT2D eigenvalue weighted by Gasteiger charge is 2.22. The molecule has 18 heavy (non-hydrogen) atoms. The van der Waals surface area contributed by atoms with Gasteiger partial charge in [0.25, 0.3) is 0 Å². The van der Waals surface area contributed by atoms with Gasteiger partial charge >= 0.3 is 5.97 Å². The van der Waals surface area contributed by atoms with E-state index in [-0.39, 0.29) is 5.91 Å². The number of carboxylic acid groups (broad SMARTS) is 1. The zero-order valence-electron chi connectivity index (χ0n) is 10.4. The first kappa shape index (κ1) is 13.1. The van der Waals surface area contributed by atoms with Crippen LogP contribution in [0, 0.1) is 5.92 Å². The van der Waals surface area contributed by atoms with Crippen molar-refractivity contribution in [2.75, 3.05) is 6.54 Å². The van der Waals surface area contributed by atoms with E-state index in [1.807, 2.05) is 0 Å². The van der Waals surface area contributed by atoms with Gasteiger partial charge in [-0.1, -0.05) is 6.92 Å². The fraction of sp³-hybridized carbons (Fsp3) is 0.538. The Morgan fingerprint density at radius 1 is 1.56 bits per heavy atom. The molecule has 0 aromatic carbocycles. The summed E-state index contributed by atoms with van der Waals surface area (Å²) in [6.07, 6.45) is 2.51. The summed E-state index contributed by atoms with van der Waals surface area (Å²) in [5.41, 5.74) is 0.746. The Bertz CT molecular complexity index is 455. The molecule has 0 bridgehead atoms. The maximum atomic E-state index is 11.9. The monoisotopic (exact) mass is 267 g/mol. The van der Waals surface area contributed by atoms with Crippen molar-refractivity contribution < 1.29 is 14.7 Å². The third-order valence-electron chi connectivity index (χ3n) is 3.40. The van der Waals surface area contributed by atoms with Crippen LogP contribution in [0.1, 0.15) is 41.4 Å². The van der Waals surface area contributed by atoms with Crippen LogP contribution in [0.3, 0.4) is 0 Å². The molecule has 1 aliphatic rings. The first-order chi connectivity index (χ1) is 8.58. The topological polar surface area (TPSA) is 57.6 Å². The molecule has 1 aliphatic heterocycles. The second kappa shape index (κ2) is 5.52. The van der Waals surface area contributed by atoms with E-state index in [2.05, 4.69) is 6.92 Å². The molecule has 1 amide bonds. The molecule has 0 spiro atoms. The van der Waals surface area contributed by atoms with E-state index in [1.165, 1.54) is 11.3 Å². The molecule has 1 atom stereocenters. The van der Waals surface area contributed by atoms with Gasteiger partial charge in [-0.25, -0.2) is 4.79 Å². The van der Waals surface area contributed by atoms with E-state index in [0.717, 1.165) is 24.9 Å². The summed E-state index contributed by atoms with van der Waals surface area (Å²) in [7, 11) is 0. The molecule has 5 heteroatoms. The van der Waals surface area contributed by atoms with Gasteiger partial charge in [0.15, 0.2) is 0 Å². The van der Waals surface area contributed by atoms with Crippen LogP contribution in [-0.4, -0.2) is 28.4 Å². The number of thiophene rings is 1. The number of hydrogen-bond donors (Lipinski definition) is 1. The fourth-order valence-electron chi connectivity index (χ4n) is 2.19. The summed E-state index contributed by atoms with van der Waals surface area (Å²) in [5.74, 6) is -0.196. The Balaban J connectivity index is 2.10. The van der Waals surface area contributed by atoms with E-state index in [1.54, 1.807) is 16.3 Å². The highest BCUT2D eigenvalue weighted by molar-refractivity contribution is 7.12. The van der Waals surface area contributed by atoms with Crippen molar-refractivity contribution in [1.82, 2.24) is 4.90 Å². The number of amides is 1. The molecule has 1 aromatic rings. The van der Waals surface area contributed by atoms with E-state index in [0.29, 0.717) is 23.8 Å². The second-order valence-electron chi connectivity index (χ2n) is 4.83. The summed E-state index contributed by atoms with van der Waals surface area (Å²) < 4.78 is 0. The van der Waals surface area contributed by atoms with Crippen molar-refractivity contribution in [2.24, 2.45) is 5.92 Å². The molecular formula is C13H17NO3S. The van der Waals surface area contributed by atoms with Crippen LogP contribution in [0.25, 0.3) is 0 Å². The van der Waals surface area contributed by atoms with E-state index in [4.69, 9.17) is 5.11 Å². The summed E-state index contributed by atoms with van der Waals surface area (Å²) in [6.45, 7) is 3.32. The first-order valence-corrected chi connectivity index (χ1v) is 7.03. The maximum Gasteiger partial charge on any atom is 0.346 e. The van der Waals surface area contributed by atoms with E-state index < -0.39 is 5.97 Å². The van der Waals surface area contributed by atoms with Crippen LogP contribution >= 0.6 is 11.3 Å². The van der Waals surface area contributed by atoms with Crippen LogP contribution in [-0.2, 0) is 11.3 Å². The number of hydrogen-bond acceptors (Lipinski definition) is 3. The van der Waals surface area contributed by atoms with Crippen LogP contribution < -0.4 is 0 Å². The van der Waals surface area contributed by atoms with Gasteiger partial charge in [0.05, 0.1) is 0 Å². The number of carbonyl (C=O) groups is 2. The molecule has 2 rings (SSSR count). The molecule has 0 radical (unpaired) electrons. The van der Waals surface area contributed by atoms with Crippen molar-refractivity contribution in [3.63, 3.8) is 0 Å². The standard InChI is InChI=1S/C13H17NO3S/c1-9-2-3-11(15)14(6-4-9)8-10-5-7-18-12(10)13(16)17/h5,7,9H,2-4,6,8H2,1H3,(H,16,17). The Morgan fingerprint density at radius 3 is 3.06 bits per heavy atom. The minimum Gasteiger partial charge on any atom is -0.477 e. The average Bonchev–Trinajstić information content (AvgIpc) is 2.73. The summed E-state index contributed by atoms with van der Waals surface area (Å²) in [6, 6.07) is 1.80. The Kier molecular flexibility index (Phi) is 4.01. The zero-order chi connectivity index (χ0) is 13.1. The van der Waals surface area contributed by atoms with Crippen molar-refractivity contribution in [3.05, 3.63) is 21.9 Å². The Morgan fingerprint density at radius 2 is 2.33 bits per heavy atom. The average molecular weight is 267 g/mol. The molecule has 2 heterocycles. The predicted octanol–water partition coefficient (Wildman–Crippen LogP) is 2.59. The van der Waals surface area contributed by atoms with Crippen LogP contribution in [0.5, 0.6) is 0 Å². The summed E-state index contributed by atoms with van der Waals surface area (Å²) in [5, 5.41) is 10.8. The van der Waals surface area contributed by atoms with Gasteiger partial charge in [-0.05, 0) is 35.8 Å². The largest absolute Gasteiger partial charge is 0.477 e. The number of nitrogens with zero attached hydrogens (tertiary/aromatic N) is 1. The third kappa shape index (κ3) is 2.90. The normalized spacial score (nSPS) is 20.8. The highest BCUT2D eigenvalue weighted by atomic mass is 32.1. The maximum absolute atomic E-state index is 11.9. The van der Waals surface area contributed by atoms with Crippen molar-refractivity contribution in [2.45, 2.75) is 32.7 Å². The predicted molar refractivity (Wildman–Crippen MR) is 69.7 cm³/mol. The molecule has 1 saturated heterocycles. The second-order valence-corrected chi connectivity index (χ2v) is 5.74. The molecule has 1 fully saturated rings. The SMILES string of the molecule is CC1CCC(=O)N(Cc2ccsc2C(=O)O)CC1. The Hall–Kier alpha value is -1.36. The van der Waals surface area contributed by atoms with Crippen molar-refractivity contribution >= 4 is 23.2 Å². The van der Waals surface area contributed by atoms with Gasteiger partial charge < -0.3 is 10.0 Å². The lowest BCUT2D eigenvalue weighted by Crippen LogP contribution is -2.30. The third-order valence-corrected chi connectivity index (χ3v) is 4.34. The van der Waals surface area contributed by atoms with Gasteiger partial charge in [0.2, 0.25) is 5.91 Å². The number of likely N-dealkylation sites (tertiary alicyclic amines) is 1. The van der Waals surface area contributed by atoms with Crippen molar-refractivity contribution in [1.29, 1.82) is 0 Å². The fourth-order valence-corrected chi connectivity index (χ4v) is 2.95. The molecule has 98 valence electrons. The highest BCUT2D eigenvalue weighted by Crippen LogP contribution is 2.22. The lowest BCUT2D eigenvalue weighted by Gasteiger charge is -2.20. The lowest BCUT2D eigenvalue weighted by molar-refractivity contribution is -0.131. The summed E-state index contributed by atoms with van der Waals surface area (Å²) in [4.78, 5) is 25.1. The summed E-state index contributed by atoms with van der Waals surface area (Å²) >= 11 is 1.22. The smallest absolute Gasteiger partial charge is 0.346 e. The number of aromatic carboxylic acids is 1. The molecular weight excluding hydrogens is 250 g/mol. The van der Waals surface area contributed by atoms with Gasteiger partial charge in [-0.2, -0.15) is 0 Å². The first-order valence-electron chi connectivity index (χ1n) is 6.15. The number of carboxylic acids is 1. The quantitative estimate of drug-likeness (QED) is 0.915. The van der Waals surface area contributed by atoms with Gasteiger partial charge in [0, 0.05) is 19.5 Å². The van der Waals surface area contributed by atoms with E-state index in [9.17, 15) is 9.59 Å². The van der Waals surface area contributed by atoms with Crippen LogP contribution in [0.2, 0.25) is 0 Å². The molecule has 4 nitrogen and oxygen atoms in total. The number of carbonyl (C=O) groups excluding carboxylic acids is 1. The van der Waals surface area contributed by atoms with E-state index >= 15 is 0 Å². The Labute approximate surface area is 110 Å². The molecule has 0 saturated carbocycles. The molecule has 1 unspecified atom stereocenters. The molecule has 1 N–H and O–H groups in total. The zero-order valence-corrected chi connectivity index (χ0v) is 11.2. The van der Waals surface area contributed by atoms with Crippen LogP contribution in [0.15, 0.2) is 11.4 Å². The number of rotatable bonds is 3.